The van der Waals surface area contributed by atoms with Crippen molar-refractivity contribution in [3.8, 4) is 0 Å². The predicted molar refractivity (Wildman–Crippen MR) is 72.9 cm³/mol. The molecule has 0 bridgehead atoms. The first-order valence-corrected chi connectivity index (χ1v) is 6.65. The van der Waals surface area contributed by atoms with Gasteiger partial charge in [0.15, 0.2) is 0 Å². The smallest absolute Gasteiger partial charge is 0.239 e. The molecule has 2 heterocycles. The Morgan fingerprint density at radius 2 is 2.37 bits per heavy atom. The number of likely N-dealkylation sites (tertiary alicyclic amines) is 1. The summed E-state index contributed by atoms with van der Waals surface area (Å²) < 4.78 is 1.78. The molecular weight excluding hydrogens is 244 g/mol. The molecule has 19 heavy (non-hydrogen) atoms. The van der Waals surface area contributed by atoms with Gasteiger partial charge >= 0.3 is 0 Å². The minimum absolute atomic E-state index is 0.0694. The Balaban J connectivity index is 1.90. The molecule has 1 atom stereocenters. The van der Waals surface area contributed by atoms with Crippen LogP contribution in [0.1, 0.15) is 33.2 Å². The van der Waals surface area contributed by atoms with E-state index in [0.29, 0.717) is 25.3 Å². The number of rotatable bonds is 4. The molecule has 1 aromatic heterocycles. The van der Waals surface area contributed by atoms with Crippen LogP contribution >= 0.6 is 0 Å². The van der Waals surface area contributed by atoms with Crippen molar-refractivity contribution in [3.05, 3.63) is 12.3 Å². The molecule has 0 aliphatic carbocycles. The molecule has 1 fully saturated rings. The number of aromatic nitrogens is 2. The lowest BCUT2D eigenvalue weighted by atomic mass is 10.1. The fraction of sp³-hybridized carbons (Fsp3) is 0.692. The second-order valence-corrected chi connectivity index (χ2v) is 5.76. The molecule has 1 aromatic rings. The maximum absolute atomic E-state index is 12.0. The third kappa shape index (κ3) is 3.54. The SMILES string of the molecule is CC(C)n1nccc1NC(=O)CN1CCC(C)(O)C1. The van der Waals surface area contributed by atoms with Gasteiger partial charge in [0, 0.05) is 25.2 Å². The number of carbonyl (C=O) groups is 1. The van der Waals surface area contributed by atoms with Gasteiger partial charge in [-0.15, -0.1) is 0 Å². The summed E-state index contributed by atoms with van der Waals surface area (Å²) in [7, 11) is 0. The van der Waals surface area contributed by atoms with Crippen LogP contribution < -0.4 is 5.32 Å². The van der Waals surface area contributed by atoms with Crippen molar-refractivity contribution in [2.24, 2.45) is 0 Å². The van der Waals surface area contributed by atoms with E-state index in [-0.39, 0.29) is 11.9 Å². The van der Waals surface area contributed by atoms with Crippen molar-refractivity contribution in [1.82, 2.24) is 14.7 Å². The van der Waals surface area contributed by atoms with E-state index in [2.05, 4.69) is 10.4 Å². The first-order valence-electron chi connectivity index (χ1n) is 6.65. The maximum atomic E-state index is 12.0. The van der Waals surface area contributed by atoms with Gasteiger partial charge in [0.25, 0.3) is 0 Å². The van der Waals surface area contributed by atoms with Crippen molar-refractivity contribution in [3.63, 3.8) is 0 Å². The summed E-state index contributed by atoms with van der Waals surface area (Å²) >= 11 is 0. The lowest BCUT2D eigenvalue weighted by Gasteiger charge is -2.18. The van der Waals surface area contributed by atoms with Gasteiger partial charge in [-0.3, -0.25) is 9.69 Å². The van der Waals surface area contributed by atoms with Crippen LogP contribution in [0.15, 0.2) is 12.3 Å². The normalized spacial score (nSPS) is 24.1. The number of aliphatic hydroxyl groups is 1. The average Bonchev–Trinajstić information content (AvgIpc) is 2.85. The zero-order chi connectivity index (χ0) is 14.0. The lowest BCUT2D eigenvalue weighted by Crippen LogP contribution is -2.35. The molecule has 1 saturated heterocycles. The van der Waals surface area contributed by atoms with Crippen LogP contribution in [0.25, 0.3) is 0 Å². The summed E-state index contributed by atoms with van der Waals surface area (Å²) in [5.74, 6) is 0.644. The van der Waals surface area contributed by atoms with Crippen molar-refractivity contribution in [2.45, 2.75) is 38.8 Å². The minimum Gasteiger partial charge on any atom is -0.389 e. The van der Waals surface area contributed by atoms with Gasteiger partial charge < -0.3 is 10.4 Å². The number of hydrogen-bond donors (Lipinski definition) is 2. The number of β-amino-alcohol motifs (C(OH)–C–C–N with tert-alkyl or cyclic N) is 1. The van der Waals surface area contributed by atoms with Crippen molar-refractivity contribution in [2.75, 3.05) is 25.0 Å². The molecule has 6 heteroatoms. The zero-order valence-corrected chi connectivity index (χ0v) is 11.8. The first-order chi connectivity index (χ1) is 8.87. The third-order valence-corrected chi connectivity index (χ3v) is 3.32. The average molecular weight is 266 g/mol. The molecule has 0 spiro atoms. The summed E-state index contributed by atoms with van der Waals surface area (Å²) in [6, 6.07) is 2.00. The number of amides is 1. The number of hydrogen-bond acceptors (Lipinski definition) is 4. The van der Waals surface area contributed by atoms with Crippen LogP contribution in [-0.2, 0) is 4.79 Å². The van der Waals surface area contributed by atoms with Crippen LogP contribution in [0, 0.1) is 0 Å². The second-order valence-electron chi connectivity index (χ2n) is 5.76. The molecule has 0 aromatic carbocycles. The second kappa shape index (κ2) is 5.30. The lowest BCUT2D eigenvalue weighted by molar-refractivity contribution is -0.117. The molecule has 0 radical (unpaired) electrons. The zero-order valence-electron chi connectivity index (χ0n) is 11.8. The molecule has 1 unspecified atom stereocenters. The van der Waals surface area contributed by atoms with Gasteiger partial charge in [0.1, 0.15) is 5.82 Å². The van der Waals surface area contributed by atoms with Crippen LogP contribution in [0.2, 0.25) is 0 Å². The highest BCUT2D eigenvalue weighted by Crippen LogP contribution is 2.20. The first kappa shape index (κ1) is 14.0. The molecular formula is C13H22N4O2. The summed E-state index contributed by atoms with van der Waals surface area (Å²) in [6.45, 7) is 7.44. The molecule has 1 aliphatic rings. The number of nitrogens with one attached hydrogen (secondary N) is 1. The molecule has 6 nitrogen and oxygen atoms in total. The molecule has 1 amide bonds. The minimum atomic E-state index is -0.667. The van der Waals surface area contributed by atoms with Gasteiger partial charge in [-0.2, -0.15) is 5.10 Å². The highest BCUT2D eigenvalue weighted by atomic mass is 16.3. The quantitative estimate of drug-likeness (QED) is 0.848. The van der Waals surface area contributed by atoms with Gasteiger partial charge in [-0.25, -0.2) is 4.68 Å². The molecule has 1 aliphatic heterocycles. The predicted octanol–water partition coefficient (Wildman–Crippen LogP) is 0.859. The highest BCUT2D eigenvalue weighted by molar-refractivity contribution is 5.91. The summed E-state index contributed by atoms with van der Waals surface area (Å²) in [5.41, 5.74) is -0.667. The van der Waals surface area contributed by atoms with Gasteiger partial charge in [0.2, 0.25) is 5.91 Å². The summed E-state index contributed by atoms with van der Waals surface area (Å²) in [6.07, 6.45) is 2.39. The van der Waals surface area contributed by atoms with Gasteiger partial charge in [0.05, 0.1) is 18.3 Å². The van der Waals surface area contributed by atoms with Crippen LogP contribution in [0.3, 0.4) is 0 Å². The molecule has 2 N–H and O–H groups in total. The van der Waals surface area contributed by atoms with Crippen LogP contribution in [-0.4, -0.2) is 50.9 Å². The third-order valence-electron chi connectivity index (χ3n) is 3.32. The Hall–Kier alpha value is -1.40. The molecule has 106 valence electrons. The Bertz CT molecular complexity index is 453. The van der Waals surface area contributed by atoms with Crippen molar-refractivity contribution < 1.29 is 9.90 Å². The standard InChI is InChI=1S/C13H22N4O2/c1-10(2)17-11(4-6-14-17)15-12(18)8-16-7-5-13(3,19)9-16/h4,6,10,19H,5,7-9H2,1-3H3,(H,15,18). The highest BCUT2D eigenvalue weighted by Gasteiger charge is 2.32. The Labute approximate surface area is 113 Å². The largest absolute Gasteiger partial charge is 0.389 e. The number of carbonyl (C=O) groups excluding carboxylic acids is 1. The Kier molecular flexibility index (Phi) is 3.91. The van der Waals surface area contributed by atoms with E-state index in [1.54, 1.807) is 23.9 Å². The fourth-order valence-electron chi connectivity index (χ4n) is 2.38. The summed E-state index contributed by atoms with van der Waals surface area (Å²) in [4.78, 5) is 13.9. The fourth-order valence-corrected chi connectivity index (χ4v) is 2.38. The maximum Gasteiger partial charge on any atom is 0.239 e. The monoisotopic (exact) mass is 266 g/mol. The Morgan fingerprint density at radius 3 is 2.95 bits per heavy atom. The van der Waals surface area contributed by atoms with Crippen LogP contribution in [0.4, 0.5) is 5.82 Å². The van der Waals surface area contributed by atoms with Gasteiger partial charge in [-0.05, 0) is 27.2 Å². The molecule has 0 saturated carbocycles. The van der Waals surface area contributed by atoms with E-state index >= 15 is 0 Å². The number of nitrogens with zero attached hydrogens (tertiary/aromatic N) is 3. The van der Waals surface area contributed by atoms with Crippen LogP contribution in [0.5, 0.6) is 0 Å². The van der Waals surface area contributed by atoms with Crippen molar-refractivity contribution in [1.29, 1.82) is 0 Å². The van der Waals surface area contributed by atoms with E-state index in [4.69, 9.17) is 0 Å². The van der Waals surface area contributed by atoms with Gasteiger partial charge in [-0.1, -0.05) is 0 Å². The van der Waals surface area contributed by atoms with E-state index in [0.717, 1.165) is 6.54 Å². The number of anilines is 1. The van der Waals surface area contributed by atoms with E-state index in [1.165, 1.54) is 0 Å². The molecule has 2 rings (SSSR count). The topological polar surface area (TPSA) is 70.4 Å². The van der Waals surface area contributed by atoms with Crippen molar-refractivity contribution >= 4 is 11.7 Å². The Morgan fingerprint density at radius 1 is 1.63 bits per heavy atom. The van der Waals surface area contributed by atoms with E-state index < -0.39 is 5.60 Å². The summed E-state index contributed by atoms with van der Waals surface area (Å²) in [5, 5.41) is 16.9. The van der Waals surface area contributed by atoms with E-state index in [1.807, 2.05) is 18.7 Å². The van der Waals surface area contributed by atoms with E-state index in [9.17, 15) is 9.90 Å².